The Morgan fingerprint density at radius 2 is 1.77 bits per heavy atom. The molecule has 0 saturated heterocycles. The number of rotatable bonds is 9. The first-order valence-corrected chi connectivity index (χ1v) is 10.7. The molecule has 0 radical (unpaired) electrons. The number of carbonyl (C=O) groups excluding carboxylic acids is 3. The van der Waals surface area contributed by atoms with Crippen molar-refractivity contribution in [3.05, 3.63) is 75.3 Å². The standard InChI is InChI=1S/C24H24N2O9/c1-15-8-9-17(12-19(15)26(32)33)20(27)25(18-10-11-18)23(31)35-14-24(2,21(28)29)22(30)34-13-16-6-4-3-5-7-16/h3-9,12,18H,10-11,13-14H2,1-2H3,(H,28,29)/t24-/m0/s1. The fourth-order valence-electron chi connectivity index (χ4n) is 3.17. The van der Waals surface area contributed by atoms with Crippen LogP contribution in [0.15, 0.2) is 48.5 Å². The molecule has 2 aromatic carbocycles. The second-order valence-electron chi connectivity index (χ2n) is 8.42. The number of esters is 1. The van der Waals surface area contributed by atoms with Gasteiger partial charge in [0, 0.05) is 23.2 Å². The summed E-state index contributed by atoms with van der Waals surface area (Å²) in [5, 5.41) is 20.9. The van der Waals surface area contributed by atoms with Gasteiger partial charge in [-0.1, -0.05) is 36.4 Å². The summed E-state index contributed by atoms with van der Waals surface area (Å²) >= 11 is 0. The molecule has 1 saturated carbocycles. The van der Waals surface area contributed by atoms with Crippen molar-refractivity contribution in [3.63, 3.8) is 0 Å². The molecule has 11 heteroatoms. The van der Waals surface area contributed by atoms with Gasteiger partial charge < -0.3 is 14.6 Å². The van der Waals surface area contributed by atoms with Gasteiger partial charge in [0.05, 0.1) is 4.92 Å². The monoisotopic (exact) mass is 484 g/mol. The van der Waals surface area contributed by atoms with E-state index in [0.29, 0.717) is 24.0 Å². The zero-order valence-corrected chi connectivity index (χ0v) is 19.1. The average molecular weight is 484 g/mol. The SMILES string of the molecule is Cc1ccc(C(=O)N(C(=O)OC[C@@](C)(C(=O)O)C(=O)OCc2ccccc2)C2CC2)cc1[N+](=O)[O-]. The van der Waals surface area contributed by atoms with Gasteiger partial charge in [0.2, 0.25) is 0 Å². The molecule has 11 nitrogen and oxygen atoms in total. The van der Waals surface area contributed by atoms with Crippen molar-refractivity contribution < 1.29 is 38.7 Å². The predicted molar refractivity (Wildman–Crippen MR) is 120 cm³/mol. The van der Waals surface area contributed by atoms with Crippen molar-refractivity contribution in [2.75, 3.05) is 6.61 Å². The van der Waals surface area contributed by atoms with E-state index < -0.39 is 46.9 Å². The van der Waals surface area contributed by atoms with Crippen LogP contribution in [-0.4, -0.2) is 51.5 Å². The molecular formula is C24H24N2O9. The van der Waals surface area contributed by atoms with Crippen LogP contribution in [0.5, 0.6) is 0 Å². The van der Waals surface area contributed by atoms with Crippen LogP contribution in [0.25, 0.3) is 0 Å². The molecule has 0 bridgehead atoms. The molecule has 1 aliphatic carbocycles. The van der Waals surface area contributed by atoms with E-state index in [9.17, 15) is 34.4 Å². The van der Waals surface area contributed by atoms with Gasteiger partial charge in [0.25, 0.3) is 11.6 Å². The van der Waals surface area contributed by atoms with Gasteiger partial charge in [-0.25, -0.2) is 9.69 Å². The molecular weight excluding hydrogens is 460 g/mol. The Morgan fingerprint density at radius 3 is 2.34 bits per heavy atom. The highest BCUT2D eigenvalue weighted by Gasteiger charge is 2.46. The summed E-state index contributed by atoms with van der Waals surface area (Å²) in [6, 6.07) is 12.0. The van der Waals surface area contributed by atoms with Gasteiger partial charge >= 0.3 is 18.0 Å². The first kappa shape index (κ1) is 25.3. The minimum absolute atomic E-state index is 0.0885. The van der Waals surface area contributed by atoms with Gasteiger partial charge in [0.15, 0.2) is 5.41 Å². The molecule has 0 aromatic heterocycles. The zero-order valence-electron chi connectivity index (χ0n) is 19.1. The molecule has 35 heavy (non-hydrogen) atoms. The van der Waals surface area contributed by atoms with Crippen molar-refractivity contribution in [3.8, 4) is 0 Å². The Bertz CT molecular complexity index is 1160. The van der Waals surface area contributed by atoms with Gasteiger partial charge in [-0.15, -0.1) is 0 Å². The number of hydrogen-bond acceptors (Lipinski definition) is 8. The molecule has 1 aliphatic rings. The number of amides is 2. The number of carboxylic acids is 1. The van der Waals surface area contributed by atoms with E-state index >= 15 is 0 Å². The maximum absolute atomic E-state index is 13.0. The summed E-state index contributed by atoms with van der Waals surface area (Å²) < 4.78 is 10.2. The number of benzene rings is 2. The molecule has 0 unspecified atom stereocenters. The summed E-state index contributed by atoms with van der Waals surface area (Å²) in [5.41, 5.74) is -1.60. The molecule has 1 atom stereocenters. The zero-order chi connectivity index (χ0) is 25.8. The topological polar surface area (TPSA) is 153 Å². The van der Waals surface area contributed by atoms with Crippen LogP contribution < -0.4 is 0 Å². The second kappa shape index (κ2) is 10.3. The summed E-state index contributed by atoms with van der Waals surface area (Å²) in [6.45, 7) is 1.53. The number of nitro benzene ring substituents is 1. The van der Waals surface area contributed by atoms with Crippen LogP contribution in [-0.2, 0) is 25.7 Å². The molecule has 0 aliphatic heterocycles. The van der Waals surface area contributed by atoms with Crippen LogP contribution in [0.3, 0.4) is 0 Å². The average Bonchev–Trinajstić information content (AvgIpc) is 3.66. The van der Waals surface area contributed by atoms with Gasteiger partial charge in [-0.05, 0) is 38.3 Å². The van der Waals surface area contributed by atoms with Crippen molar-refractivity contribution in [2.24, 2.45) is 5.41 Å². The summed E-state index contributed by atoms with van der Waals surface area (Å²) in [7, 11) is 0. The molecule has 2 amide bonds. The Balaban J connectivity index is 1.72. The Labute approximate surface area is 200 Å². The third-order valence-corrected chi connectivity index (χ3v) is 5.60. The number of hydrogen-bond donors (Lipinski definition) is 1. The maximum atomic E-state index is 13.0. The van der Waals surface area contributed by atoms with Crippen LogP contribution >= 0.6 is 0 Å². The van der Waals surface area contributed by atoms with Crippen molar-refractivity contribution >= 4 is 29.6 Å². The molecule has 0 heterocycles. The van der Waals surface area contributed by atoms with E-state index in [1.165, 1.54) is 19.1 Å². The van der Waals surface area contributed by atoms with Gasteiger partial charge in [-0.3, -0.25) is 24.5 Å². The minimum atomic E-state index is -2.22. The summed E-state index contributed by atoms with van der Waals surface area (Å²) in [6.07, 6.45) is -0.141. The highest BCUT2D eigenvalue weighted by atomic mass is 16.6. The Kier molecular flexibility index (Phi) is 7.48. The summed E-state index contributed by atoms with van der Waals surface area (Å²) in [5.74, 6) is -3.49. The Morgan fingerprint density at radius 1 is 1.11 bits per heavy atom. The first-order chi connectivity index (χ1) is 16.5. The minimum Gasteiger partial charge on any atom is -0.480 e. The number of nitro groups is 1. The van der Waals surface area contributed by atoms with Gasteiger partial charge in [0.1, 0.15) is 13.2 Å². The molecule has 2 aromatic rings. The molecule has 184 valence electrons. The van der Waals surface area contributed by atoms with E-state index in [2.05, 4.69) is 0 Å². The normalized spacial score (nSPS) is 14.3. The fraction of sp³-hybridized carbons (Fsp3) is 0.333. The van der Waals surface area contributed by atoms with Crippen molar-refractivity contribution in [1.29, 1.82) is 0 Å². The number of ether oxygens (including phenoxy) is 2. The fourth-order valence-corrected chi connectivity index (χ4v) is 3.17. The quantitative estimate of drug-likeness (QED) is 0.244. The predicted octanol–water partition coefficient (Wildman–Crippen LogP) is 3.48. The number of carbonyl (C=O) groups is 4. The highest BCUT2D eigenvalue weighted by Crippen LogP contribution is 2.31. The van der Waals surface area contributed by atoms with E-state index in [4.69, 9.17) is 9.47 Å². The molecule has 3 rings (SSSR count). The third-order valence-electron chi connectivity index (χ3n) is 5.60. The van der Waals surface area contributed by atoms with Crippen molar-refractivity contribution in [1.82, 2.24) is 4.90 Å². The number of carboxylic acid groups (broad SMARTS) is 1. The van der Waals surface area contributed by atoms with Crippen molar-refractivity contribution in [2.45, 2.75) is 39.3 Å². The van der Waals surface area contributed by atoms with Gasteiger partial charge in [-0.2, -0.15) is 0 Å². The van der Waals surface area contributed by atoms with E-state index in [1.54, 1.807) is 30.3 Å². The van der Waals surface area contributed by atoms with Crippen LogP contribution in [0.4, 0.5) is 10.5 Å². The Hall–Kier alpha value is -4.28. The molecule has 1 N–H and O–H groups in total. The number of nitrogens with zero attached hydrogens (tertiary/aromatic N) is 2. The lowest BCUT2D eigenvalue weighted by molar-refractivity contribution is -0.385. The van der Waals surface area contributed by atoms with Crippen LogP contribution in [0, 0.1) is 22.5 Å². The largest absolute Gasteiger partial charge is 0.480 e. The maximum Gasteiger partial charge on any atom is 0.417 e. The smallest absolute Gasteiger partial charge is 0.417 e. The number of aryl methyl sites for hydroxylation is 1. The number of aliphatic carboxylic acids is 1. The third kappa shape index (κ3) is 5.81. The second-order valence-corrected chi connectivity index (χ2v) is 8.42. The van der Waals surface area contributed by atoms with E-state index in [0.717, 1.165) is 17.9 Å². The van der Waals surface area contributed by atoms with Crippen LogP contribution in [0.2, 0.25) is 0 Å². The van der Waals surface area contributed by atoms with E-state index in [1.807, 2.05) is 0 Å². The van der Waals surface area contributed by atoms with Crippen LogP contribution in [0.1, 0.15) is 41.3 Å². The summed E-state index contributed by atoms with van der Waals surface area (Å²) in [4.78, 5) is 61.6. The lowest BCUT2D eigenvalue weighted by atomic mass is 9.92. The lowest BCUT2D eigenvalue weighted by Crippen LogP contribution is -2.45. The lowest BCUT2D eigenvalue weighted by Gasteiger charge is -2.25. The number of imide groups is 1. The first-order valence-electron chi connectivity index (χ1n) is 10.7. The molecule has 0 spiro atoms. The molecule has 1 fully saturated rings. The highest BCUT2D eigenvalue weighted by molar-refractivity contribution is 6.04. The van der Waals surface area contributed by atoms with E-state index in [-0.39, 0.29) is 17.9 Å².